The number of carbonyl (C=O) groups excluding carboxylic acids is 2. The first kappa shape index (κ1) is 13.5. The molecule has 19 heavy (non-hydrogen) atoms. The molecule has 1 fully saturated rings. The van der Waals surface area contributed by atoms with E-state index in [2.05, 4.69) is 16.2 Å². The summed E-state index contributed by atoms with van der Waals surface area (Å²) < 4.78 is 0. The first-order valence-corrected chi connectivity index (χ1v) is 6.48. The number of piperidine rings is 1. The first-order chi connectivity index (χ1) is 9.15. The second-order valence-electron chi connectivity index (χ2n) is 4.83. The normalized spacial score (nSPS) is 17.5. The molecule has 3 N–H and O–H groups in total. The SMILES string of the molecule is CC(=O)NNC(=O)C1(c2ccccc2)CCNCC1. The molecule has 102 valence electrons. The molecule has 2 amide bonds. The van der Waals surface area contributed by atoms with Crippen LogP contribution >= 0.6 is 0 Å². The smallest absolute Gasteiger partial charge is 0.249 e. The third-order valence-electron chi connectivity index (χ3n) is 3.57. The molecule has 0 unspecified atom stereocenters. The van der Waals surface area contributed by atoms with Gasteiger partial charge in [0.2, 0.25) is 11.8 Å². The van der Waals surface area contributed by atoms with Crippen LogP contribution in [0.3, 0.4) is 0 Å². The van der Waals surface area contributed by atoms with Gasteiger partial charge in [0.15, 0.2) is 0 Å². The van der Waals surface area contributed by atoms with Crippen molar-refractivity contribution in [2.45, 2.75) is 25.2 Å². The van der Waals surface area contributed by atoms with Crippen molar-refractivity contribution in [2.24, 2.45) is 0 Å². The second kappa shape index (κ2) is 5.84. The lowest BCUT2D eigenvalue weighted by Crippen LogP contribution is -2.54. The molecule has 0 bridgehead atoms. The third-order valence-corrected chi connectivity index (χ3v) is 3.57. The fraction of sp³-hybridized carbons (Fsp3) is 0.429. The summed E-state index contributed by atoms with van der Waals surface area (Å²) in [6.07, 6.45) is 1.45. The molecule has 1 aromatic carbocycles. The zero-order valence-electron chi connectivity index (χ0n) is 11.0. The first-order valence-electron chi connectivity index (χ1n) is 6.48. The molecule has 5 nitrogen and oxygen atoms in total. The van der Waals surface area contributed by atoms with E-state index in [0.29, 0.717) is 0 Å². The van der Waals surface area contributed by atoms with Crippen LogP contribution in [-0.2, 0) is 15.0 Å². The number of rotatable bonds is 2. The van der Waals surface area contributed by atoms with E-state index >= 15 is 0 Å². The molecule has 1 heterocycles. The molecule has 0 radical (unpaired) electrons. The highest BCUT2D eigenvalue weighted by atomic mass is 16.2. The molecule has 1 aliphatic heterocycles. The highest BCUT2D eigenvalue weighted by Crippen LogP contribution is 2.33. The van der Waals surface area contributed by atoms with Crippen molar-refractivity contribution < 1.29 is 9.59 Å². The van der Waals surface area contributed by atoms with Crippen LogP contribution in [0.5, 0.6) is 0 Å². The van der Waals surface area contributed by atoms with Crippen molar-refractivity contribution in [2.75, 3.05) is 13.1 Å². The Labute approximate surface area is 112 Å². The van der Waals surface area contributed by atoms with Gasteiger partial charge in [0.1, 0.15) is 0 Å². The second-order valence-corrected chi connectivity index (χ2v) is 4.83. The minimum absolute atomic E-state index is 0.143. The van der Waals surface area contributed by atoms with Gasteiger partial charge in [-0.1, -0.05) is 30.3 Å². The number of benzene rings is 1. The van der Waals surface area contributed by atoms with E-state index in [9.17, 15) is 9.59 Å². The van der Waals surface area contributed by atoms with E-state index in [1.165, 1.54) is 6.92 Å². The molecule has 1 saturated heterocycles. The number of amides is 2. The van der Waals surface area contributed by atoms with Crippen molar-refractivity contribution in [1.29, 1.82) is 0 Å². The van der Waals surface area contributed by atoms with E-state index in [1.807, 2.05) is 30.3 Å². The average molecular weight is 261 g/mol. The quantitative estimate of drug-likeness (QED) is 0.678. The Balaban J connectivity index is 2.24. The molecule has 1 aliphatic rings. The Hall–Kier alpha value is -1.88. The zero-order valence-corrected chi connectivity index (χ0v) is 11.0. The van der Waals surface area contributed by atoms with Crippen LogP contribution in [0.1, 0.15) is 25.3 Å². The van der Waals surface area contributed by atoms with Gasteiger partial charge in [-0.05, 0) is 31.5 Å². The van der Waals surface area contributed by atoms with E-state index in [4.69, 9.17) is 0 Å². The predicted octanol–water partition coefficient (Wildman–Crippen LogP) is 0.475. The fourth-order valence-electron chi connectivity index (χ4n) is 2.52. The molecular formula is C14H19N3O2. The zero-order chi connectivity index (χ0) is 13.7. The average Bonchev–Trinajstić information content (AvgIpc) is 2.46. The molecule has 0 aromatic heterocycles. The molecule has 0 aliphatic carbocycles. The van der Waals surface area contributed by atoms with Gasteiger partial charge in [-0.15, -0.1) is 0 Å². The van der Waals surface area contributed by atoms with Gasteiger partial charge in [-0.3, -0.25) is 20.4 Å². The molecule has 5 heteroatoms. The van der Waals surface area contributed by atoms with Gasteiger partial charge in [0.05, 0.1) is 5.41 Å². The maximum atomic E-state index is 12.5. The summed E-state index contributed by atoms with van der Waals surface area (Å²) in [5.74, 6) is -0.416. The summed E-state index contributed by atoms with van der Waals surface area (Å²) in [6.45, 7) is 2.96. The number of hydrogen-bond acceptors (Lipinski definition) is 3. The molecular weight excluding hydrogens is 242 g/mol. The summed E-state index contributed by atoms with van der Waals surface area (Å²) in [5.41, 5.74) is 5.34. The third kappa shape index (κ3) is 2.93. The van der Waals surface area contributed by atoms with E-state index in [0.717, 1.165) is 31.5 Å². The Morgan fingerprint density at radius 1 is 1.11 bits per heavy atom. The van der Waals surface area contributed by atoms with Gasteiger partial charge in [-0.2, -0.15) is 0 Å². The monoisotopic (exact) mass is 261 g/mol. The van der Waals surface area contributed by atoms with Gasteiger partial charge in [-0.25, -0.2) is 0 Å². The molecule has 0 atom stereocenters. The van der Waals surface area contributed by atoms with Gasteiger partial charge >= 0.3 is 0 Å². The van der Waals surface area contributed by atoms with Crippen LogP contribution in [0.2, 0.25) is 0 Å². The Morgan fingerprint density at radius 3 is 2.32 bits per heavy atom. The van der Waals surface area contributed by atoms with Crippen molar-refractivity contribution in [3.63, 3.8) is 0 Å². The van der Waals surface area contributed by atoms with E-state index in [1.54, 1.807) is 0 Å². The van der Waals surface area contributed by atoms with Crippen LogP contribution in [0.25, 0.3) is 0 Å². The topological polar surface area (TPSA) is 70.2 Å². The van der Waals surface area contributed by atoms with Crippen LogP contribution in [-0.4, -0.2) is 24.9 Å². The van der Waals surface area contributed by atoms with Crippen LogP contribution in [0, 0.1) is 0 Å². The Morgan fingerprint density at radius 2 is 1.74 bits per heavy atom. The highest BCUT2D eigenvalue weighted by Gasteiger charge is 2.41. The lowest BCUT2D eigenvalue weighted by Gasteiger charge is -2.36. The summed E-state index contributed by atoms with van der Waals surface area (Å²) >= 11 is 0. The van der Waals surface area contributed by atoms with Crippen LogP contribution < -0.4 is 16.2 Å². The van der Waals surface area contributed by atoms with Crippen LogP contribution in [0.4, 0.5) is 0 Å². The number of hydrogen-bond donors (Lipinski definition) is 3. The van der Waals surface area contributed by atoms with Gasteiger partial charge < -0.3 is 5.32 Å². The van der Waals surface area contributed by atoms with Crippen molar-refractivity contribution in [1.82, 2.24) is 16.2 Å². The number of nitrogens with one attached hydrogen (secondary N) is 3. The van der Waals surface area contributed by atoms with Gasteiger partial charge in [0.25, 0.3) is 0 Å². The minimum atomic E-state index is -0.561. The standard InChI is InChI=1S/C14H19N3O2/c1-11(18)16-17-13(19)14(7-9-15-10-8-14)12-5-3-2-4-6-12/h2-6,15H,7-10H2,1H3,(H,16,18)(H,17,19). The van der Waals surface area contributed by atoms with Crippen molar-refractivity contribution >= 4 is 11.8 Å². The number of hydrazine groups is 1. The Bertz CT molecular complexity index is 453. The lowest BCUT2D eigenvalue weighted by atomic mass is 9.72. The summed E-state index contributed by atoms with van der Waals surface area (Å²) in [7, 11) is 0. The minimum Gasteiger partial charge on any atom is -0.317 e. The largest absolute Gasteiger partial charge is 0.317 e. The molecule has 1 aromatic rings. The highest BCUT2D eigenvalue weighted by molar-refractivity contribution is 5.90. The lowest BCUT2D eigenvalue weighted by molar-refractivity contribution is -0.132. The summed E-state index contributed by atoms with van der Waals surface area (Å²) in [4.78, 5) is 23.4. The number of carbonyl (C=O) groups is 2. The fourth-order valence-corrected chi connectivity index (χ4v) is 2.52. The van der Waals surface area contributed by atoms with Gasteiger partial charge in [0, 0.05) is 6.92 Å². The maximum absolute atomic E-state index is 12.5. The van der Waals surface area contributed by atoms with E-state index in [-0.39, 0.29) is 11.8 Å². The van der Waals surface area contributed by atoms with Crippen molar-refractivity contribution in [3.8, 4) is 0 Å². The molecule has 0 saturated carbocycles. The maximum Gasteiger partial charge on any atom is 0.249 e. The van der Waals surface area contributed by atoms with Crippen molar-refractivity contribution in [3.05, 3.63) is 35.9 Å². The predicted molar refractivity (Wildman–Crippen MR) is 72.2 cm³/mol. The van der Waals surface area contributed by atoms with E-state index < -0.39 is 5.41 Å². The summed E-state index contributed by atoms with van der Waals surface area (Å²) in [5, 5.41) is 3.26. The summed E-state index contributed by atoms with van der Waals surface area (Å²) in [6, 6.07) is 9.75. The Kier molecular flexibility index (Phi) is 4.16. The molecule has 0 spiro atoms. The van der Waals surface area contributed by atoms with Crippen LogP contribution in [0.15, 0.2) is 30.3 Å². The molecule has 2 rings (SSSR count).